The molecular formula is C12H17NO4S. The summed E-state index contributed by atoms with van der Waals surface area (Å²) in [5.74, 6) is -1.16. The zero-order valence-corrected chi connectivity index (χ0v) is 11.0. The van der Waals surface area contributed by atoms with E-state index in [9.17, 15) is 13.2 Å². The van der Waals surface area contributed by atoms with Crippen LogP contribution in [0.3, 0.4) is 0 Å². The Bertz CT molecular complexity index is 484. The Balaban J connectivity index is 2.53. The second kappa shape index (κ2) is 6.51. The summed E-state index contributed by atoms with van der Waals surface area (Å²) in [5, 5.41) is 8.45. The van der Waals surface area contributed by atoms with E-state index in [-0.39, 0.29) is 24.6 Å². The lowest BCUT2D eigenvalue weighted by atomic mass is 10.1. The van der Waals surface area contributed by atoms with Gasteiger partial charge in [-0.05, 0) is 18.9 Å². The van der Waals surface area contributed by atoms with Gasteiger partial charge in [0.1, 0.15) is 0 Å². The maximum absolute atomic E-state index is 11.7. The molecule has 0 aliphatic rings. The van der Waals surface area contributed by atoms with E-state index in [0.29, 0.717) is 0 Å². The first-order valence-electron chi connectivity index (χ1n) is 5.67. The molecule has 1 rings (SSSR count). The first-order valence-corrected chi connectivity index (χ1v) is 7.33. The Morgan fingerprint density at radius 1 is 1.33 bits per heavy atom. The molecule has 2 N–H and O–H groups in total. The van der Waals surface area contributed by atoms with Crippen molar-refractivity contribution in [2.75, 3.05) is 5.75 Å². The highest BCUT2D eigenvalue weighted by atomic mass is 32.2. The summed E-state index contributed by atoms with van der Waals surface area (Å²) >= 11 is 0. The minimum Gasteiger partial charge on any atom is -0.481 e. The van der Waals surface area contributed by atoms with Crippen molar-refractivity contribution in [3.05, 3.63) is 35.9 Å². The quantitative estimate of drug-likeness (QED) is 0.787. The van der Waals surface area contributed by atoms with Gasteiger partial charge in [0.05, 0.1) is 5.75 Å². The Labute approximate surface area is 107 Å². The van der Waals surface area contributed by atoms with Crippen LogP contribution < -0.4 is 4.72 Å². The SMILES string of the molecule is C[C@H](NS(=O)(=O)CCCC(=O)O)c1ccccc1. The van der Waals surface area contributed by atoms with Crippen molar-refractivity contribution in [1.29, 1.82) is 0 Å². The summed E-state index contributed by atoms with van der Waals surface area (Å²) in [4.78, 5) is 10.3. The predicted molar refractivity (Wildman–Crippen MR) is 68.6 cm³/mol. The van der Waals surface area contributed by atoms with Gasteiger partial charge in [-0.25, -0.2) is 13.1 Å². The molecule has 1 atom stereocenters. The van der Waals surface area contributed by atoms with Crippen molar-refractivity contribution < 1.29 is 18.3 Å². The van der Waals surface area contributed by atoms with Crippen LogP contribution in [0.1, 0.15) is 31.4 Å². The number of hydrogen-bond acceptors (Lipinski definition) is 3. The number of carbonyl (C=O) groups is 1. The number of hydrogen-bond donors (Lipinski definition) is 2. The summed E-state index contributed by atoms with van der Waals surface area (Å²) in [6.45, 7) is 1.75. The molecule has 0 saturated heterocycles. The molecule has 0 aromatic heterocycles. The fourth-order valence-electron chi connectivity index (χ4n) is 1.55. The number of benzene rings is 1. The molecule has 0 bridgehead atoms. The monoisotopic (exact) mass is 271 g/mol. The molecule has 0 heterocycles. The summed E-state index contributed by atoms with van der Waals surface area (Å²) < 4.78 is 25.9. The van der Waals surface area contributed by atoms with E-state index in [1.54, 1.807) is 6.92 Å². The van der Waals surface area contributed by atoms with Gasteiger partial charge in [-0.3, -0.25) is 4.79 Å². The van der Waals surface area contributed by atoms with E-state index in [1.807, 2.05) is 30.3 Å². The molecular weight excluding hydrogens is 254 g/mol. The molecule has 0 saturated carbocycles. The highest BCUT2D eigenvalue weighted by molar-refractivity contribution is 7.89. The van der Waals surface area contributed by atoms with Gasteiger partial charge < -0.3 is 5.11 Å². The minimum absolute atomic E-state index is 0.117. The fourth-order valence-corrected chi connectivity index (χ4v) is 2.87. The first-order chi connectivity index (χ1) is 8.41. The normalized spacial score (nSPS) is 13.2. The van der Waals surface area contributed by atoms with E-state index in [0.717, 1.165) is 5.56 Å². The Hall–Kier alpha value is -1.40. The molecule has 0 aliphatic heterocycles. The van der Waals surface area contributed by atoms with Crippen molar-refractivity contribution in [2.24, 2.45) is 0 Å². The average Bonchev–Trinajstić information content (AvgIpc) is 2.28. The summed E-state index contributed by atoms with van der Waals surface area (Å²) in [6.07, 6.45) is -0.0210. The average molecular weight is 271 g/mol. The van der Waals surface area contributed by atoms with Crippen molar-refractivity contribution in [2.45, 2.75) is 25.8 Å². The number of carboxylic acids is 1. The molecule has 0 fully saturated rings. The van der Waals surface area contributed by atoms with Gasteiger partial charge in [-0.2, -0.15) is 0 Å². The second-order valence-electron chi connectivity index (χ2n) is 4.07. The van der Waals surface area contributed by atoms with Crippen molar-refractivity contribution in [1.82, 2.24) is 4.72 Å². The van der Waals surface area contributed by atoms with Crippen molar-refractivity contribution in [3.63, 3.8) is 0 Å². The lowest BCUT2D eigenvalue weighted by Gasteiger charge is -2.14. The molecule has 1 aromatic carbocycles. The fraction of sp³-hybridized carbons (Fsp3) is 0.417. The molecule has 5 nitrogen and oxygen atoms in total. The van der Waals surface area contributed by atoms with Gasteiger partial charge in [0, 0.05) is 12.5 Å². The molecule has 0 amide bonds. The zero-order chi connectivity index (χ0) is 13.6. The maximum atomic E-state index is 11.7. The van der Waals surface area contributed by atoms with Gasteiger partial charge in [-0.1, -0.05) is 30.3 Å². The predicted octanol–water partition coefficient (Wildman–Crippen LogP) is 1.53. The number of sulfonamides is 1. The molecule has 0 aliphatic carbocycles. The van der Waals surface area contributed by atoms with Crippen LogP contribution in [-0.4, -0.2) is 25.2 Å². The van der Waals surface area contributed by atoms with Gasteiger partial charge in [-0.15, -0.1) is 0 Å². The molecule has 18 heavy (non-hydrogen) atoms. The largest absolute Gasteiger partial charge is 0.481 e. The maximum Gasteiger partial charge on any atom is 0.303 e. The van der Waals surface area contributed by atoms with E-state index in [2.05, 4.69) is 4.72 Å². The zero-order valence-electron chi connectivity index (χ0n) is 10.2. The van der Waals surface area contributed by atoms with Crippen LogP contribution in [0.2, 0.25) is 0 Å². The Morgan fingerprint density at radius 2 is 1.94 bits per heavy atom. The lowest BCUT2D eigenvalue weighted by molar-refractivity contribution is -0.137. The summed E-state index contributed by atoms with van der Waals surface area (Å²) in [6, 6.07) is 8.89. The third-order valence-electron chi connectivity index (χ3n) is 2.46. The van der Waals surface area contributed by atoms with Crippen LogP contribution in [0.25, 0.3) is 0 Å². The third kappa shape index (κ3) is 5.29. The minimum atomic E-state index is -3.44. The summed E-state index contributed by atoms with van der Waals surface area (Å²) in [7, 11) is -3.44. The Morgan fingerprint density at radius 3 is 2.50 bits per heavy atom. The van der Waals surface area contributed by atoms with Crippen LogP contribution in [0, 0.1) is 0 Å². The molecule has 0 radical (unpaired) electrons. The van der Waals surface area contributed by atoms with E-state index in [4.69, 9.17) is 5.11 Å². The number of aliphatic carboxylic acids is 1. The van der Waals surface area contributed by atoms with Crippen LogP contribution in [0.15, 0.2) is 30.3 Å². The lowest BCUT2D eigenvalue weighted by Crippen LogP contribution is -2.29. The standard InChI is InChI=1S/C12H17NO4S/c1-10(11-6-3-2-4-7-11)13-18(16,17)9-5-8-12(14)15/h2-4,6-7,10,13H,5,8-9H2,1H3,(H,14,15)/t10-/m0/s1. The van der Waals surface area contributed by atoms with E-state index in [1.165, 1.54) is 0 Å². The summed E-state index contributed by atoms with van der Waals surface area (Å²) in [5.41, 5.74) is 0.874. The van der Waals surface area contributed by atoms with E-state index >= 15 is 0 Å². The van der Waals surface area contributed by atoms with Crippen LogP contribution in [0.5, 0.6) is 0 Å². The smallest absolute Gasteiger partial charge is 0.303 e. The molecule has 1 aromatic rings. The number of nitrogens with one attached hydrogen (secondary N) is 1. The van der Waals surface area contributed by atoms with Gasteiger partial charge >= 0.3 is 5.97 Å². The van der Waals surface area contributed by atoms with Gasteiger partial charge in [0.2, 0.25) is 10.0 Å². The molecule has 0 unspecified atom stereocenters. The second-order valence-corrected chi connectivity index (χ2v) is 5.94. The van der Waals surface area contributed by atoms with Gasteiger partial charge in [0.15, 0.2) is 0 Å². The van der Waals surface area contributed by atoms with Crippen molar-refractivity contribution >= 4 is 16.0 Å². The molecule has 0 spiro atoms. The van der Waals surface area contributed by atoms with Crippen LogP contribution in [-0.2, 0) is 14.8 Å². The van der Waals surface area contributed by atoms with Crippen molar-refractivity contribution in [3.8, 4) is 0 Å². The first kappa shape index (κ1) is 14.7. The Kier molecular flexibility index (Phi) is 5.30. The highest BCUT2D eigenvalue weighted by Crippen LogP contribution is 2.12. The molecule has 100 valence electrons. The highest BCUT2D eigenvalue weighted by Gasteiger charge is 2.15. The molecule has 6 heteroatoms. The number of rotatable bonds is 7. The number of carboxylic acid groups (broad SMARTS) is 1. The van der Waals surface area contributed by atoms with Gasteiger partial charge in [0.25, 0.3) is 0 Å². The van der Waals surface area contributed by atoms with Crippen LogP contribution in [0.4, 0.5) is 0 Å². The third-order valence-corrected chi connectivity index (χ3v) is 4.00. The van der Waals surface area contributed by atoms with Crippen LogP contribution >= 0.6 is 0 Å². The van der Waals surface area contributed by atoms with E-state index < -0.39 is 16.0 Å². The topological polar surface area (TPSA) is 83.5 Å².